The highest BCUT2D eigenvalue weighted by Crippen LogP contribution is 2.19. The van der Waals surface area contributed by atoms with E-state index in [4.69, 9.17) is 0 Å². The van der Waals surface area contributed by atoms with Crippen molar-refractivity contribution in [2.24, 2.45) is 0 Å². The van der Waals surface area contributed by atoms with Crippen LogP contribution in [0.1, 0.15) is 30.4 Å². The zero-order valence-corrected chi connectivity index (χ0v) is 13.8. The van der Waals surface area contributed by atoms with Gasteiger partial charge in [-0.05, 0) is 35.8 Å². The lowest BCUT2D eigenvalue weighted by Gasteiger charge is -2.14. The van der Waals surface area contributed by atoms with Gasteiger partial charge in [0, 0.05) is 43.9 Å². The molecule has 20 heavy (non-hydrogen) atoms. The highest BCUT2D eigenvalue weighted by molar-refractivity contribution is 9.10. The van der Waals surface area contributed by atoms with Crippen molar-refractivity contribution < 1.29 is 9.59 Å². The summed E-state index contributed by atoms with van der Waals surface area (Å²) in [5, 5.41) is 5.48. The average Bonchev–Trinajstić information content (AvgIpc) is 2.76. The SMILES string of the molecule is CC(C)n1cc(Br)cc1C(=O)NCCNC(=O)N(C)C. The summed E-state index contributed by atoms with van der Waals surface area (Å²) in [6.07, 6.45) is 1.88. The van der Waals surface area contributed by atoms with Crippen LogP contribution in [0.2, 0.25) is 0 Å². The molecule has 0 atom stereocenters. The third-order valence-corrected chi connectivity index (χ3v) is 3.13. The van der Waals surface area contributed by atoms with Gasteiger partial charge in [0.05, 0.1) is 0 Å². The summed E-state index contributed by atoms with van der Waals surface area (Å²) < 4.78 is 2.77. The van der Waals surface area contributed by atoms with E-state index in [1.807, 2.05) is 24.6 Å². The number of aromatic nitrogens is 1. The Hall–Kier alpha value is -1.50. The summed E-state index contributed by atoms with van der Waals surface area (Å²) in [7, 11) is 3.34. The number of amides is 3. The molecule has 3 amide bonds. The summed E-state index contributed by atoms with van der Waals surface area (Å²) >= 11 is 3.37. The fourth-order valence-electron chi connectivity index (χ4n) is 1.65. The number of urea groups is 1. The fraction of sp³-hybridized carbons (Fsp3) is 0.538. The molecule has 0 saturated heterocycles. The molecule has 0 spiro atoms. The average molecular weight is 345 g/mol. The second kappa shape index (κ2) is 7.33. The molecule has 1 aromatic rings. The van der Waals surface area contributed by atoms with Crippen molar-refractivity contribution in [3.05, 3.63) is 22.4 Å². The van der Waals surface area contributed by atoms with Gasteiger partial charge in [-0.3, -0.25) is 4.79 Å². The van der Waals surface area contributed by atoms with Crippen LogP contribution >= 0.6 is 15.9 Å². The Morgan fingerprint density at radius 1 is 1.30 bits per heavy atom. The van der Waals surface area contributed by atoms with Gasteiger partial charge in [-0.25, -0.2) is 4.79 Å². The van der Waals surface area contributed by atoms with Gasteiger partial charge in [0.2, 0.25) is 0 Å². The van der Waals surface area contributed by atoms with E-state index in [0.29, 0.717) is 18.8 Å². The van der Waals surface area contributed by atoms with Gasteiger partial charge in [-0.15, -0.1) is 0 Å². The lowest BCUT2D eigenvalue weighted by Crippen LogP contribution is -2.39. The van der Waals surface area contributed by atoms with Crippen LogP contribution in [0.5, 0.6) is 0 Å². The van der Waals surface area contributed by atoms with E-state index < -0.39 is 0 Å². The number of carbonyl (C=O) groups is 2. The molecule has 0 bridgehead atoms. The quantitative estimate of drug-likeness (QED) is 0.800. The van der Waals surface area contributed by atoms with Crippen LogP contribution in [-0.4, -0.2) is 48.6 Å². The van der Waals surface area contributed by atoms with Gasteiger partial charge in [0.1, 0.15) is 5.69 Å². The molecule has 112 valence electrons. The number of carbonyl (C=O) groups excluding carboxylic acids is 2. The molecule has 0 unspecified atom stereocenters. The van der Waals surface area contributed by atoms with E-state index in [-0.39, 0.29) is 18.0 Å². The summed E-state index contributed by atoms with van der Waals surface area (Å²) in [4.78, 5) is 24.8. The molecule has 0 aromatic carbocycles. The predicted octanol–water partition coefficient (Wildman–Crippen LogP) is 1.83. The Bertz CT molecular complexity index is 483. The minimum absolute atomic E-state index is 0.150. The number of rotatable bonds is 5. The number of nitrogens with one attached hydrogen (secondary N) is 2. The second-order valence-electron chi connectivity index (χ2n) is 4.93. The van der Waals surface area contributed by atoms with Crippen molar-refractivity contribution in [2.45, 2.75) is 19.9 Å². The van der Waals surface area contributed by atoms with Crippen molar-refractivity contribution in [1.82, 2.24) is 20.1 Å². The van der Waals surface area contributed by atoms with E-state index in [1.165, 1.54) is 4.90 Å². The van der Waals surface area contributed by atoms with E-state index in [0.717, 1.165) is 4.47 Å². The molecule has 0 fully saturated rings. The maximum Gasteiger partial charge on any atom is 0.316 e. The predicted molar refractivity (Wildman–Crippen MR) is 81.9 cm³/mol. The molecule has 0 aliphatic heterocycles. The van der Waals surface area contributed by atoms with Crippen LogP contribution in [0, 0.1) is 0 Å². The Labute approximate surface area is 127 Å². The lowest BCUT2D eigenvalue weighted by molar-refractivity contribution is 0.0943. The molecule has 1 aromatic heterocycles. The van der Waals surface area contributed by atoms with Crippen LogP contribution < -0.4 is 10.6 Å². The first-order valence-corrected chi connectivity index (χ1v) is 7.23. The maximum absolute atomic E-state index is 12.1. The largest absolute Gasteiger partial charge is 0.349 e. The highest BCUT2D eigenvalue weighted by Gasteiger charge is 2.14. The minimum Gasteiger partial charge on any atom is -0.349 e. The molecule has 0 saturated carbocycles. The number of nitrogens with zero attached hydrogens (tertiary/aromatic N) is 2. The van der Waals surface area contributed by atoms with Crippen molar-refractivity contribution in [1.29, 1.82) is 0 Å². The summed E-state index contributed by atoms with van der Waals surface area (Å²) in [6.45, 7) is 4.81. The molecule has 0 aliphatic carbocycles. The zero-order valence-electron chi connectivity index (χ0n) is 12.2. The standard InChI is InChI=1S/C13H21BrN4O2/c1-9(2)18-8-10(14)7-11(18)12(19)15-5-6-16-13(20)17(3)4/h7-9H,5-6H2,1-4H3,(H,15,19)(H,16,20). The van der Waals surface area contributed by atoms with Gasteiger partial charge >= 0.3 is 6.03 Å². The Kier molecular flexibility index (Phi) is 6.06. The van der Waals surface area contributed by atoms with Crippen LogP contribution in [0.4, 0.5) is 4.79 Å². The van der Waals surface area contributed by atoms with Crippen LogP contribution in [0.15, 0.2) is 16.7 Å². The molecule has 1 rings (SSSR count). The third-order valence-electron chi connectivity index (χ3n) is 2.70. The summed E-state index contributed by atoms with van der Waals surface area (Å²) in [6, 6.07) is 1.82. The molecular formula is C13H21BrN4O2. The summed E-state index contributed by atoms with van der Waals surface area (Å²) in [5.41, 5.74) is 0.603. The van der Waals surface area contributed by atoms with Crippen LogP contribution in [0.3, 0.4) is 0 Å². The van der Waals surface area contributed by atoms with Crippen molar-refractivity contribution in [2.75, 3.05) is 27.2 Å². The smallest absolute Gasteiger partial charge is 0.316 e. The minimum atomic E-state index is -0.174. The highest BCUT2D eigenvalue weighted by atomic mass is 79.9. The molecule has 0 radical (unpaired) electrons. The normalized spacial score (nSPS) is 10.5. The van der Waals surface area contributed by atoms with Gasteiger partial charge < -0.3 is 20.1 Å². The lowest BCUT2D eigenvalue weighted by atomic mass is 10.3. The Morgan fingerprint density at radius 3 is 2.45 bits per heavy atom. The maximum atomic E-state index is 12.1. The van der Waals surface area contributed by atoms with Gasteiger partial charge in [-0.1, -0.05) is 0 Å². The van der Waals surface area contributed by atoms with Gasteiger partial charge in [-0.2, -0.15) is 0 Å². The number of halogens is 1. The molecule has 2 N–H and O–H groups in total. The third kappa shape index (κ3) is 4.56. The van der Waals surface area contributed by atoms with Crippen molar-refractivity contribution >= 4 is 27.9 Å². The fourth-order valence-corrected chi connectivity index (χ4v) is 2.09. The van der Waals surface area contributed by atoms with Crippen molar-refractivity contribution in [3.8, 4) is 0 Å². The monoisotopic (exact) mass is 344 g/mol. The molecule has 6 nitrogen and oxygen atoms in total. The molecule has 1 heterocycles. The number of hydrogen-bond acceptors (Lipinski definition) is 2. The van der Waals surface area contributed by atoms with Gasteiger partial charge in [0.15, 0.2) is 0 Å². The summed E-state index contributed by atoms with van der Waals surface area (Å²) in [5.74, 6) is -0.150. The Morgan fingerprint density at radius 2 is 1.90 bits per heavy atom. The van der Waals surface area contributed by atoms with E-state index in [9.17, 15) is 9.59 Å². The first-order chi connectivity index (χ1) is 9.32. The van der Waals surface area contributed by atoms with E-state index in [1.54, 1.807) is 20.2 Å². The van der Waals surface area contributed by atoms with Crippen LogP contribution in [-0.2, 0) is 0 Å². The van der Waals surface area contributed by atoms with Gasteiger partial charge in [0.25, 0.3) is 5.91 Å². The second-order valence-corrected chi connectivity index (χ2v) is 5.84. The Balaban J connectivity index is 2.49. The van der Waals surface area contributed by atoms with E-state index >= 15 is 0 Å². The molecule has 7 heteroatoms. The van der Waals surface area contributed by atoms with Crippen LogP contribution in [0.25, 0.3) is 0 Å². The topological polar surface area (TPSA) is 66.4 Å². The van der Waals surface area contributed by atoms with Crippen molar-refractivity contribution in [3.63, 3.8) is 0 Å². The zero-order chi connectivity index (χ0) is 15.3. The molecule has 0 aliphatic rings. The molecular weight excluding hydrogens is 324 g/mol. The number of hydrogen-bond donors (Lipinski definition) is 2. The first kappa shape index (κ1) is 16.6. The van der Waals surface area contributed by atoms with E-state index in [2.05, 4.69) is 26.6 Å². The first-order valence-electron chi connectivity index (χ1n) is 6.43.